The molecule has 1 aliphatic carbocycles. The van der Waals surface area contributed by atoms with E-state index in [1.54, 1.807) is 41.1 Å². The summed E-state index contributed by atoms with van der Waals surface area (Å²) in [5.74, 6) is -7.83. The molecule has 0 unspecified atom stereocenters. The van der Waals surface area contributed by atoms with E-state index in [1.165, 1.54) is 12.0 Å². The zero-order valence-corrected chi connectivity index (χ0v) is 44.1. The summed E-state index contributed by atoms with van der Waals surface area (Å²) in [7, 11) is 4.64. The number of Topliss-reactive ketones (excluding diaryl/α,β-unsaturated/α-hetero) is 3. The first-order valence-corrected chi connectivity index (χ1v) is 26.0. The second kappa shape index (κ2) is 28.7. The number of ketones is 3. The molecule has 2 N–H and O–H groups in total. The number of aliphatic hydroxyl groups is 2. The number of amides is 1. The van der Waals surface area contributed by atoms with Crippen molar-refractivity contribution < 1.29 is 67.3 Å². The summed E-state index contributed by atoms with van der Waals surface area (Å²) in [4.78, 5) is 72.4. The summed E-state index contributed by atoms with van der Waals surface area (Å²) >= 11 is 0. The molecule has 2 bridgehead atoms. The van der Waals surface area contributed by atoms with Crippen LogP contribution < -0.4 is 0 Å². The van der Waals surface area contributed by atoms with E-state index in [0.717, 1.165) is 18.4 Å². The van der Waals surface area contributed by atoms with Gasteiger partial charge in [0, 0.05) is 65.1 Å². The Kier molecular flexibility index (Phi) is 24.3. The monoisotopic (exact) mass is 986 g/mol. The van der Waals surface area contributed by atoms with Crippen LogP contribution in [0.4, 0.5) is 0 Å². The van der Waals surface area contributed by atoms with Gasteiger partial charge in [-0.25, -0.2) is 4.79 Å². The van der Waals surface area contributed by atoms with Crippen molar-refractivity contribution in [3.8, 4) is 0 Å². The molecule has 396 valence electrons. The van der Waals surface area contributed by atoms with E-state index in [2.05, 4.69) is 0 Å². The maximum atomic E-state index is 14.5. The molecule has 0 aromatic heterocycles. The topological polar surface area (TPSA) is 194 Å². The van der Waals surface area contributed by atoms with Crippen molar-refractivity contribution in [1.29, 1.82) is 0 Å². The predicted octanol–water partition coefficient (Wildman–Crippen LogP) is 7.24. The summed E-state index contributed by atoms with van der Waals surface area (Å²) < 4.78 is 41.5. The second-order valence-electron chi connectivity index (χ2n) is 20.6. The molecule has 2 saturated heterocycles. The van der Waals surface area contributed by atoms with E-state index in [4.69, 9.17) is 33.2 Å². The molecule has 4 rings (SSSR count). The van der Waals surface area contributed by atoms with Gasteiger partial charge in [-0.3, -0.25) is 19.2 Å². The van der Waals surface area contributed by atoms with Gasteiger partial charge in [0.2, 0.25) is 5.79 Å². The van der Waals surface area contributed by atoms with Gasteiger partial charge < -0.3 is 48.3 Å². The first-order chi connectivity index (χ1) is 33.3. The highest BCUT2D eigenvalue weighted by atomic mass is 16.6. The van der Waals surface area contributed by atoms with Crippen molar-refractivity contribution in [2.75, 3.05) is 47.7 Å². The maximum absolute atomic E-state index is 14.5. The number of allylic oxidation sites excluding steroid dienone is 6. The molecule has 0 spiro atoms. The Morgan fingerprint density at radius 3 is 2.27 bits per heavy atom. The van der Waals surface area contributed by atoms with Crippen LogP contribution in [0.25, 0.3) is 0 Å². The Labute approximate surface area is 418 Å². The highest BCUT2D eigenvalue weighted by molar-refractivity contribution is 6.39. The Hall–Kier alpha value is -3.41. The van der Waals surface area contributed by atoms with Crippen LogP contribution in [0.3, 0.4) is 0 Å². The number of cyclic esters (lactones) is 1. The Balaban J connectivity index is 1.68. The smallest absolute Gasteiger partial charge is 0.329 e. The lowest BCUT2D eigenvalue weighted by molar-refractivity contribution is -0.265. The molecular weight excluding hydrogens is 899 g/mol. The van der Waals surface area contributed by atoms with Gasteiger partial charge in [-0.1, -0.05) is 71.1 Å². The number of piperidine rings is 1. The van der Waals surface area contributed by atoms with Crippen LogP contribution in [0, 0.1) is 35.5 Å². The van der Waals surface area contributed by atoms with Crippen molar-refractivity contribution in [1.82, 2.24) is 4.90 Å². The minimum atomic E-state index is -2.43. The van der Waals surface area contributed by atoms with Crippen LogP contribution in [0.1, 0.15) is 132 Å². The van der Waals surface area contributed by atoms with E-state index in [9.17, 15) is 34.2 Å². The average Bonchev–Trinajstić information content (AvgIpc) is 3.34. The molecule has 70 heavy (non-hydrogen) atoms. The molecule has 15 heteroatoms. The third-order valence-corrected chi connectivity index (χ3v) is 15.2. The van der Waals surface area contributed by atoms with E-state index in [1.807, 2.05) is 65.0 Å². The molecule has 3 fully saturated rings. The lowest BCUT2D eigenvalue weighted by Crippen LogP contribution is -2.61. The summed E-state index contributed by atoms with van der Waals surface area (Å²) in [5.41, 5.74) is 1.28. The zero-order valence-electron chi connectivity index (χ0n) is 44.1. The van der Waals surface area contributed by atoms with Crippen LogP contribution in [0.15, 0.2) is 47.6 Å². The number of esters is 1. The first-order valence-electron chi connectivity index (χ1n) is 26.0. The van der Waals surface area contributed by atoms with Gasteiger partial charge in [-0.2, -0.15) is 0 Å². The first kappa shape index (κ1) is 59.2. The Bertz CT molecular complexity index is 1840. The number of hydrogen-bond donors (Lipinski definition) is 2. The van der Waals surface area contributed by atoms with E-state index in [0.29, 0.717) is 76.8 Å². The molecule has 15 nitrogen and oxygen atoms in total. The molecule has 0 aromatic carbocycles. The molecule has 1 amide bonds. The van der Waals surface area contributed by atoms with Gasteiger partial charge in [-0.05, 0) is 114 Å². The van der Waals surface area contributed by atoms with Crippen LogP contribution in [-0.2, 0) is 57.1 Å². The van der Waals surface area contributed by atoms with Crippen molar-refractivity contribution >= 4 is 29.2 Å². The van der Waals surface area contributed by atoms with Crippen LogP contribution >= 0.6 is 0 Å². The second-order valence-corrected chi connectivity index (χ2v) is 20.6. The van der Waals surface area contributed by atoms with Gasteiger partial charge in [0.15, 0.2) is 5.78 Å². The molecule has 0 radical (unpaired) electrons. The van der Waals surface area contributed by atoms with Gasteiger partial charge in [0.25, 0.3) is 11.7 Å². The third-order valence-electron chi connectivity index (χ3n) is 15.2. The number of fused-ring (bicyclic) bond motifs is 3. The van der Waals surface area contributed by atoms with Crippen LogP contribution in [0.5, 0.6) is 0 Å². The lowest BCUT2D eigenvalue weighted by atomic mass is 9.78. The lowest BCUT2D eigenvalue weighted by Gasteiger charge is -2.42. The molecule has 15 atom stereocenters. The van der Waals surface area contributed by atoms with Crippen molar-refractivity contribution in [2.24, 2.45) is 35.5 Å². The van der Waals surface area contributed by atoms with Gasteiger partial charge >= 0.3 is 5.97 Å². The fourth-order valence-corrected chi connectivity index (χ4v) is 10.7. The standard InChI is InChI=1S/C55H87NO14/c1-12-67-26-27-68-45-24-22-41(31-48(45)65-10)30-37(5)47-33-44(57)36(4)29-39(7)50(59)51(66-11)49(58)38(6)28-34(2)18-14-13-15-19-35(3)46(64-9)32-42-23-21-40(8)55(63,70-42)52(60)53(61)56-25-17-16-20-43(56)54(62)69-47/h13-15,18-19,29,34,36-38,40-43,45-48,50-51,59,63H,12,16-17,20-28,30-33H2,1-11H3/b15-13-,18-14-,35-19-,39-29+/t34-,36-,37-,38-,40-,41+,42+,43+,45-,46+,47+,48-,50-,51+,55-/m1/s1. The molecule has 0 aromatic rings. The minimum Gasteiger partial charge on any atom is -0.460 e. The zero-order chi connectivity index (χ0) is 51.7. The average molecular weight is 986 g/mol. The quantitative estimate of drug-likeness (QED) is 0.0911. The van der Waals surface area contributed by atoms with Gasteiger partial charge in [0.1, 0.15) is 30.1 Å². The molecular formula is C55H87NO14. The Morgan fingerprint density at radius 2 is 1.59 bits per heavy atom. The molecule has 1 saturated carbocycles. The van der Waals surface area contributed by atoms with Crippen molar-refractivity contribution in [3.63, 3.8) is 0 Å². The summed E-state index contributed by atoms with van der Waals surface area (Å²) in [6, 6.07) is -1.14. The normalized spacial score (nSPS) is 38.4. The number of aliphatic hydroxyl groups excluding tert-OH is 1. The number of rotatable bonds is 11. The number of carbonyl (C=O) groups is 5. The number of carbonyl (C=O) groups excluding carboxylic acids is 5. The van der Waals surface area contributed by atoms with Gasteiger partial charge in [0.05, 0.1) is 37.6 Å². The highest BCUT2D eigenvalue weighted by Crippen LogP contribution is 2.38. The van der Waals surface area contributed by atoms with Gasteiger partial charge in [-0.15, -0.1) is 0 Å². The minimum absolute atomic E-state index is 0.0195. The van der Waals surface area contributed by atoms with Crippen molar-refractivity contribution in [2.45, 2.75) is 187 Å². The number of hydrogen-bond acceptors (Lipinski definition) is 14. The fraction of sp³-hybridized carbons (Fsp3) is 0.764. The maximum Gasteiger partial charge on any atom is 0.329 e. The van der Waals surface area contributed by atoms with E-state index in [-0.39, 0.29) is 60.9 Å². The number of methoxy groups -OCH3 is 3. The molecule has 4 aliphatic rings. The van der Waals surface area contributed by atoms with Crippen molar-refractivity contribution in [3.05, 3.63) is 47.6 Å². The van der Waals surface area contributed by atoms with E-state index < -0.39 is 77.8 Å². The van der Waals surface area contributed by atoms with Crippen LogP contribution in [0.2, 0.25) is 0 Å². The Morgan fingerprint density at radius 1 is 0.843 bits per heavy atom. The van der Waals surface area contributed by atoms with Crippen LogP contribution in [-0.4, -0.2) is 147 Å². The third kappa shape index (κ3) is 16.3. The summed E-state index contributed by atoms with van der Waals surface area (Å²) in [5, 5.41) is 23.5. The highest BCUT2D eigenvalue weighted by Gasteiger charge is 2.53. The fourth-order valence-electron chi connectivity index (χ4n) is 10.7. The SMILES string of the molecule is CCOCCO[C@@H]1CC[C@@H](C[C@@H](C)[C@@H]2CC(=O)[C@H](C)/C=C(\C)[C@@H](O)[C@@H](OC)C(=O)[C@H](C)C[C@H](C)\C=C/C=C\C=C(\C)[C@@H](OC)C[C@@H]3CC[C@@H](C)[C@@](O)(O3)C(=O)C(=O)N3CCCC[C@H]3C(=O)O2)C[C@H]1OC. The summed E-state index contributed by atoms with van der Waals surface area (Å²) in [6.45, 7) is 16.4. The predicted molar refractivity (Wildman–Crippen MR) is 265 cm³/mol. The number of nitrogens with zero attached hydrogens (tertiary/aromatic N) is 1. The molecule has 3 heterocycles. The summed E-state index contributed by atoms with van der Waals surface area (Å²) in [6.07, 6.45) is 12.4. The molecule has 3 aliphatic heterocycles. The van der Waals surface area contributed by atoms with E-state index >= 15 is 0 Å². The number of ether oxygens (including phenoxy) is 7. The largest absolute Gasteiger partial charge is 0.460 e.